The third-order valence-corrected chi connectivity index (χ3v) is 8.81. The number of hydrogen-bond acceptors (Lipinski definition) is 11. The predicted octanol–water partition coefficient (Wildman–Crippen LogP) is 5.77. The van der Waals surface area contributed by atoms with E-state index >= 15 is 0 Å². The first-order valence-corrected chi connectivity index (χ1v) is 16.7. The molecule has 1 fully saturated rings. The van der Waals surface area contributed by atoms with E-state index in [0.717, 1.165) is 0 Å². The van der Waals surface area contributed by atoms with Gasteiger partial charge < -0.3 is 18.9 Å². The maximum atomic E-state index is 13.7. The molecule has 0 amide bonds. The molecular formula is C36H29F3O11S. The lowest BCUT2D eigenvalue weighted by molar-refractivity contribution is -0.166. The van der Waals surface area contributed by atoms with Gasteiger partial charge in [0.05, 0.1) is 28.9 Å². The monoisotopic (exact) mass is 726 g/mol. The molecule has 0 bridgehead atoms. The summed E-state index contributed by atoms with van der Waals surface area (Å²) in [5.74, 6) is -5.49. The van der Waals surface area contributed by atoms with E-state index in [1.165, 1.54) is 84.9 Å². The molecule has 0 aromatic heterocycles. The van der Waals surface area contributed by atoms with Gasteiger partial charge in [0, 0.05) is 5.92 Å². The van der Waals surface area contributed by atoms with Crippen LogP contribution in [0.2, 0.25) is 0 Å². The molecule has 1 saturated carbocycles. The van der Waals surface area contributed by atoms with Gasteiger partial charge in [0.2, 0.25) is 0 Å². The Hall–Kier alpha value is -5.54. The van der Waals surface area contributed by atoms with E-state index in [2.05, 4.69) is 4.18 Å². The van der Waals surface area contributed by atoms with Crippen molar-refractivity contribution in [3.8, 4) is 0 Å². The largest absolute Gasteiger partial charge is 0.523 e. The normalized spacial score (nSPS) is 20.4. The zero-order valence-corrected chi connectivity index (χ0v) is 27.2. The van der Waals surface area contributed by atoms with Crippen LogP contribution in [0.3, 0.4) is 0 Å². The Kier molecular flexibility index (Phi) is 11.5. The highest BCUT2D eigenvalue weighted by atomic mass is 32.2. The van der Waals surface area contributed by atoms with Crippen LogP contribution in [0.4, 0.5) is 13.2 Å². The van der Waals surface area contributed by atoms with Crippen molar-refractivity contribution in [2.24, 2.45) is 5.92 Å². The number of halogens is 3. The summed E-state index contributed by atoms with van der Waals surface area (Å²) >= 11 is 0. The standard InChI is InChI=1S/C36H29F3O11S/c37-36(38,39)51(44,45)50-28-21-27(22-46-32(40)23-13-5-1-6-14-23)29(47-33(41)24-15-7-2-8-16-24)31(49-35(43)26-19-11-4-12-20-26)30(28)48-34(42)25-17-9-3-10-18-25/h1-20,27-31H,21-22H2/t27-,28+,29-,30+,31+/m1/s1. The summed E-state index contributed by atoms with van der Waals surface area (Å²) in [6, 6.07) is 29.5. The van der Waals surface area contributed by atoms with E-state index in [-0.39, 0.29) is 22.3 Å². The lowest BCUT2D eigenvalue weighted by Crippen LogP contribution is -2.60. The molecule has 0 spiro atoms. The average molecular weight is 727 g/mol. The van der Waals surface area contributed by atoms with Gasteiger partial charge in [0.15, 0.2) is 12.2 Å². The molecule has 1 aliphatic carbocycles. The van der Waals surface area contributed by atoms with Crippen LogP contribution in [0.25, 0.3) is 0 Å². The minimum absolute atomic E-state index is 0.0153. The smallest absolute Gasteiger partial charge is 0.462 e. The zero-order chi connectivity index (χ0) is 36.6. The Bertz CT molecular complexity index is 1920. The number of hydrogen-bond donors (Lipinski definition) is 0. The van der Waals surface area contributed by atoms with Gasteiger partial charge in [-0.1, -0.05) is 72.8 Å². The van der Waals surface area contributed by atoms with Gasteiger partial charge in [-0.15, -0.1) is 0 Å². The third-order valence-electron chi connectivity index (χ3n) is 7.74. The van der Waals surface area contributed by atoms with Crippen LogP contribution in [-0.2, 0) is 33.2 Å². The van der Waals surface area contributed by atoms with Crippen LogP contribution in [0.15, 0.2) is 121 Å². The van der Waals surface area contributed by atoms with Gasteiger partial charge in [0.1, 0.15) is 12.2 Å². The third kappa shape index (κ3) is 9.18. The van der Waals surface area contributed by atoms with Crippen LogP contribution in [0, 0.1) is 5.92 Å². The van der Waals surface area contributed by atoms with Gasteiger partial charge >= 0.3 is 39.5 Å². The van der Waals surface area contributed by atoms with Gasteiger partial charge in [-0.2, -0.15) is 21.6 Å². The maximum Gasteiger partial charge on any atom is 0.523 e. The Morgan fingerprint density at radius 2 is 0.902 bits per heavy atom. The van der Waals surface area contributed by atoms with Gasteiger partial charge in [-0.25, -0.2) is 19.2 Å². The number of carbonyl (C=O) groups is 4. The molecule has 0 unspecified atom stereocenters. The summed E-state index contributed by atoms with van der Waals surface area (Å²) in [7, 11) is -6.36. The first-order chi connectivity index (χ1) is 24.3. The predicted molar refractivity (Wildman–Crippen MR) is 172 cm³/mol. The first-order valence-electron chi connectivity index (χ1n) is 15.3. The van der Waals surface area contributed by atoms with Crippen molar-refractivity contribution >= 4 is 34.0 Å². The van der Waals surface area contributed by atoms with Crippen LogP contribution in [0.5, 0.6) is 0 Å². The minimum atomic E-state index is -6.36. The molecule has 0 radical (unpaired) electrons. The number of benzene rings is 4. The van der Waals surface area contributed by atoms with Crippen molar-refractivity contribution < 1.29 is 63.9 Å². The quantitative estimate of drug-likeness (QED) is 0.0802. The summed E-state index contributed by atoms with van der Waals surface area (Å²) in [6.45, 7) is -0.689. The summed E-state index contributed by atoms with van der Waals surface area (Å²) < 4.78 is 93.2. The fourth-order valence-electron chi connectivity index (χ4n) is 5.29. The summed E-state index contributed by atoms with van der Waals surface area (Å²) in [4.78, 5) is 53.2. The van der Waals surface area contributed by atoms with E-state index < -0.39 is 82.9 Å². The molecule has 1 aliphatic rings. The fraction of sp³-hybridized carbons (Fsp3) is 0.222. The molecule has 5 rings (SSSR count). The molecule has 5 atom stereocenters. The second kappa shape index (κ2) is 16.0. The van der Waals surface area contributed by atoms with Crippen LogP contribution in [-0.4, -0.2) is 68.8 Å². The van der Waals surface area contributed by atoms with Crippen LogP contribution < -0.4 is 0 Å². The molecule has 11 nitrogen and oxygen atoms in total. The topological polar surface area (TPSA) is 149 Å². The van der Waals surface area contributed by atoms with E-state index in [4.69, 9.17) is 18.9 Å². The van der Waals surface area contributed by atoms with E-state index in [9.17, 15) is 40.8 Å². The van der Waals surface area contributed by atoms with Gasteiger partial charge in [0.25, 0.3) is 0 Å². The number of ether oxygens (including phenoxy) is 4. The minimum Gasteiger partial charge on any atom is -0.462 e. The van der Waals surface area contributed by atoms with Gasteiger partial charge in [-0.05, 0) is 55.0 Å². The fourth-order valence-corrected chi connectivity index (χ4v) is 5.91. The molecule has 266 valence electrons. The van der Waals surface area contributed by atoms with E-state index in [1.807, 2.05) is 0 Å². The zero-order valence-electron chi connectivity index (χ0n) is 26.4. The highest BCUT2D eigenvalue weighted by Gasteiger charge is 2.57. The number of alkyl halides is 3. The summed E-state index contributed by atoms with van der Waals surface area (Å²) in [5.41, 5.74) is -5.96. The first kappa shape index (κ1) is 36.7. The van der Waals surface area contributed by atoms with Crippen molar-refractivity contribution in [3.05, 3.63) is 144 Å². The van der Waals surface area contributed by atoms with Crippen molar-refractivity contribution in [3.63, 3.8) is 0 Å². The maximum absolute atomic E-state index is 13.7. The number of carbonyl (C=O) groups excluding carboxylic acids is 4. The van der Waals surface area contributed by atoms with Gasteiger partial charge in [-0.3, -0.25) is 4.18 Å². The molecule has 0 heterocycles. The molecule has 4 aromatic carbocycles. The highest BCUT2D eigenvalue weighted by Crippen LogP contribution is 2.38. The highest BCUT2D eigenvalue weighted by molar-refractivity contribution is 7.87. The number of rotatable bonds is 11. The Labute approximate surface area is 290 Å². The molecule has 15 heteroatoms. The second-order valence-electron chi connectivity index (χ2n) is 11.2. The molecule has 51 heavy (non-hydrogen) atoms. The van der Waals surface area contributed by atoms with Crippen molar-refractivity contribution in [2.45, 2.75) is 36.3 Å². The Morgan fingerprint density at radius 3 is 1.29 bits per heavy atom. The van der Waals surface area contributed by atoms with Crippen molar-refractivity contribution in [1.29, 1.82) is 0 Å². The second-order valence-corrected chi connectivity index (χ2v) is 12.8. The van der Waals surface area contributed by atoms with Crippen molar-refractivity contribution in [2.75, 3.05) is 6.61 Å². The average Bonchev–Trinajstić information content (AvgIpc) is 3.13. The number of esters is 4. The van der Waals surface area contributed by atoms with E-state index in [0.29, 0.717) is 0 Å². The van der Waals surface area contributed by atoms with Crippen LogP contribution in [0.1, 0.15) is 47.9 Å². The SMILES string of the molecule is O=C(OC[C@H]1C[C@H](OS(=O)(=O)C(F)(F)F)[C@H](OC(=O)c2ccccc2)[C@@H](OC(=O)c2ccccc2)[C@@H]1OC(=O)c1ccccc1)c1ccccc1. The lowest BCUT2D eigenvalue weighted by atomic mass is 9.80. The molecular weight excluding hydrogens is 697 g/mol. The molecule has 0 N–H and O–H groups in total. The van der Waals surface area contributed by atoms with E-state index in [1.54, 1.807) is 36.4 Å². The lowest BCUT2D eigenvalue weighted by Gasteiger charge is -2.44. The molecule has 0 saturated heterocycles. The summed E-state index contributed by atoms with van der Waals surface area (Å²) in [6.07, 6.45) is -8.75. The Balaban J connectivity index is 1.60. The van der Waals surface area contributed by atoms with Crippen LogP contribution >= 0.6 is 0 Å². The van der Waals surface area contributed by atoms with Crippen molar-refractivity contribution in [1.82, 2.24) is 0 Å². The Morgan fingerprint density at radius 1 is 0.549 bits per heavy atom. The molecule has 4 aromatic rings. The summed E-state index contributed by atoms with van der Waals surface area (Å²) in [5, 5.41) is 0. The molecule has 0 aliphatic heterocycles.